The van der Waals surface area contributed by atoms with Crippen LogP contribution in [0.4, 0.5) is 5.82 Å². The molecule has 0 radical (unpaired) electrons. The van der Waals surface area contributed by atoms with E-state index in [9.17, 15) is 4.79 Å². The van der Waals surface area contributed by atoms with Gasteiger partial charge in [-0.25, -0.2) is 4.45 Å². The fourth-order valence-corrected chi connectivity index (χ4v) is 4.48. The van der Waals surface area contributed by atoms with E-state index in [2.05, 4.69) is 40.4 Å². The molecule has 0 saturated heterocycles. The summed E-state index contributed by atoms with van der Waals surface area (Å²) in [5.41, 5.74) is 0.598. The highest BCUT2D eigenvalue weighted by molar-refractivity contribution is 8.60. The van der Waals surface area contributed by atoms with E-state index in [1.165, 1.54) is 0 Å². The maximum atomic E-state index is 12.3. The summed E-state index contributed by atoms with van der Waals surface area (Å²) in [6, 6.07) is 0. The number of carbonyl (C=O) groups excluding carboxylic acids is 1. The third-order valence-electron chi connectivity index (χ3n) is 2.41. The van der Waals surface area contributed by atoms with Crippen LogP contribution in [0, 0.1) is 0 Å². The van der Waals surface area contributed by atoms with Gasteiger partial charge in [-0.3, -0.25) is 4.79 Å². The third-order valence-corrected chi connectivity index (χ3v) is 11.8. The number of anilines is 1. The Morgan fingerprint density at radius 1 is 1.65 bits per heavy atom. The minimum atomic E-state index is -0.543. The smallest absolute Gasteiger partial charge is 0.277 e. The Morgan fingerprint density at radius 3 is 3.06 bits per heavy atom. The molecule has 1 aromatic heterocycles. The molecule has 6 nitrogen and oxygen atoms in total. The van der Waals surface area contributed by atoms with Crippen LogP contribution in [-0.4, -0.2) is 38.8 Å². The molecular weight excluding hydrogens is 294 g/mol. The van der Waals surface area contributed by atoms with Crippen molar-refractivity contribution in [3.63, 3.8) is 0 Å². The average molecular weight is 309 g/mol. The lowest BCUT2D eigenvalue weighted by atomic mass is 10.3. The van der Waals surface area contributed by atoms with E-state index in [-0.39, 0.29) is 5.91 Å². The van der Waals surface area contributed by atoms with Crippen LogP contribution in [0.2, 0.25) is 0 Å². The Labute approximate surface area is 107 Å². The highest BCUT2D eigenvalue weighted by atomic mass is 32.6. The van der Waals surface area contributed by atoms with Gasteiger partial charge >= 0.3 is 0 Å². The van der Waals surface area contributed by atoms with Crippen molar-refractivity contribution in [1.29, 1.82) is 0 Å². The van der Waals surface area contributed by atoms with Gasteiger partial charge in [0.05, 0.1) is 14.1 Å². The van der Waals surface area contributed by atoms with Gasteiger partial charge in [-0.05, 0) is 14.4 Å². The summed E-state index contributed by atoms with van der Waals surface area (Å²) in [4.78, 5) is 14.1. The van der Waals surface area contributed by atoms with Crippen LogP contribution in [-0.2, 0) is 0 Å². The van der Waals surface area contributed by atoms with Crippen LogP contribution in [0.15, 0.2) is 0 Å². The van der Waals surface area contributed by atoms with Crippen LogP contribution in [0.3, 0.4) is 0 Å². The Balaban J connectivity index is 2.32. The third kappa shape index (κ3) is 2.61. The van der Waals surface area contributed by atoms with Gasteiger partial charge in [-0.1, -0.05) is 21.1 Å². The van der Waals surface area contributed by atoms with Crippen LogP contribution >= 0.6 is 33.3 Å². The molecule has 0 fully saturated rings. The molecule has 0 bridgehead atoms. The van der Waals surface area contributed by atoms with E-state index in [4.69, 9.17) is 0 Å². The van der Waals surface area contributed by atoms with Gasteiger partial charge in [-0.2, -0.15) is 0 Å². The van der Waals surface area contributed by atoms with Gasteiger partial charge in [-0.15, -0.1) is 14.0 Å². The lowest BCUT2D eigenvalue weighted by Crippen LogP contribution is -2.41. The van der Waals surface area contributed by atoms with Crippen LogP contribution in [0.5, 0.6) is 0 Å². The number of nitrogens with one attached hydrogen (secondary N) is 1. The fraction of sp³-hybridized carbons (Fsp3) is 0.571. The number of carbonyl (C=O) groups is 1. The summed E-state index contributed by atoms with van der Waals surface area (Å²) in [5.74, 6) is 0.643. The molecule has 0 saturated carbocycles. The maximum absolute atomic E-state index is 12.3. The van der Waals surface area contributed by atoms with Crippen molar-refractivity contribution in [3.8, 4) is 0 Å². The zero-order chi connectivity index (χ0) is 12.4. The standard InChI is InChI=1S/C7H15N5OP4/c1-2-3-11-4-8-6-5(7(11)13)12(10-9-6)17(15)16-14/h8,16H,2-4,14-15H2,1H3. The summed E-state index contributed by atoms with van der Waals surface area (Å²) in [5, 5.41) is 11.2. The molecule has 4 unspecified atom stereocenters. The minimum absolute atomic E-state index is 0.0313. The number of aromatic nitrogens is 3. The normalized spacial score (nSPS) is 17.4. The fourth-order valence-electron chi connectivity index (χ4n) is 1.63. The number of amides is 1. The van der Waals surface area contributed by atoms with Crippen LogP contribution in [0.1, 0.15) is 23.8 Å². The van der Waals surface area contributed by atoms with E-state index in [0.717, 1.165) is 13.0 Å². The molecule has 17 heavy (non-hydrogen) atoms. The summed E-state index contributed by atoms with van der Waals surface area (Å²) in [6.45, 7) is 3.34. The van der Waals surface area contributed by atoms with Crippen LogP contribution < -0.4 is 5.32 Å². The van der Waals surface area contributed by atoms with Gasteiger partial charge in [0.25, 0.3) is 5.91 Å². The van der Waals surface area contributed by atoms with E-state index in [1.54, 1.807) is 9.35 Å². The van der Waals surface area contributed by atoms with Crippen molar-refractivity contribution >= 4 is 45.0 Å². The lowest BCUT2D eigenvalue weighted by molar-refractivity contribution is 0.0750. The van der Waals surface area contributed by atoms with Crippen molar-refractivity contribution in [2.24, 2.45) is 0 Å². The monoisotopic (exact) mass is 309 g/mol. The Hall–Kier alpha value is 0.130. The second-order valence-electron chi connectivity index (χ2n) is 3.55. The second kappa shape index (κ2) is 5.85. The molecule has 1 aromatic rings. The predicted octanol–water partition coefficient (Wildman–Crippen LogP) is 1.93. The van der Waals surface area contributed by atoms with Crippen molar-refractivity contribution in [2.75, 3.05) is 18.5 Å². The highest BCUT2D eigenvalue weighted by Crippen LogP contribution is 2.66. The van der Waals surface area contributed by atoms with Crippen molar-refractivity contribution in [1.82, 2.24) is 19.7 Å². The van der Waals surface area contributed by atoms with Crippen molar-refractivity contribution in [3.05, 3.63) is 5.69 Å². The number of nitrogens with zero attached hydrogens (tertiary/aromatic N) is 4. The molecule has 0 spiro atoms. The van der Waals surface area contributed by atoms with E-state index in [1.807, 2.05) is 0 Å². The number of fused-ring (bicyclic) bond motifs is 1. The molecule has 2 rings (SSSR count). The first-order valence-corrected chi connectivity index (χ1v) is 11.8. The van der Waals surface area contributed by atoms with Crippen LogP contribution in [0.25, 0.3) is 0 Å². The number of hydrogen-bond donors (Lipinski definition) is 1. The average Bonchev–Trinajstić information content (AvgIpc) is 2.76. The molecular formula is C7H15N5OP4. The molecule has 1 aliphatic heterocycles. The Morgan fingerprint density at radius 2 is 2.41 bits per heavy atom. The Bertz CT molecular complexity index is 424. The van der Waals surface area contributed by atoms with E-state index < -0.39 is 7.45 Å². The number of hydrogen-bond acceptors (Lipinski definition) is 4. The highest BCUT2D eigenvalue weighted by Gasteiger charge is 2.30. The summed E-state index contributed by atoms with van der Waals surface area (Å²) in [6.07, 6.45) is 0.950. The molecule has 4 atom stereocenters. The van der Waals surface area contributed by atoms with Crippen molar-refractivity contribution < 1.29 is 4.79 Å². The predicted molar refractivity (Wildman–Crippen MR) is 79.9 cm³/mol. The van der Waals surface area contributed by atoms with Crippen molar-refractivity contribution in [2.45, 2.75) is 13.3 Å². The summed E-state index contributed by atoms with van der Waals surface area (Å²) < 4.78 is 1.75. The van der Waals surface area contributed by atoms with Gasteiger partial charge in [0.1, 0.15) is 0 Å². The first kappa shape index (κ1) is 13.6. The molecule has 1 aliphatic rings. The number of rotatable bonds is 4. The van der Waals surface area contributed by atoms with Gasteiger partial charge in [0.15, 0.2) is 11.5 Å². The molecule has 94 valence electrons. The lowest BCUT2D eigenvalue weighted by Gasteiger charge is -2.27. The Kier molecular flexibility index (Phi) is 4.66. The van der Waals surface area contributed by atoms with E-state index >= 15 is 0 Å². The topological polar surface area (TPSA) is 63.0 Å². The molecule has 2 heterocycles. The molecule has 1 N–H and O–H groups in total. The summed E-state index contributed by atoms with van der Waals surface area (Å²) >= 11 is 0. The first-order valence-electron chi connectivity index (χ1n) is 5.19. The zero-order valence-corrected chi connectivity index (χ0v) is 13.6. The quantitative estimate of drug-likeness (QED) is 0.863. The molecule has 10 heteroatoms. The van der Waals surface area contributed by atoms with E-state index in [0.29, 0.717) is 26.1 Å². The summed E-state index contributed by atoms with van der Waals surface area (Å²) in [7, 11) is 5.53. The first-order chi connectivity index (χ1) is 8.19. The largest absolute Gasteiger partial charge is 0.349 e. The van der Waals surface area contributed by atoms with Gasteiger partial charge in [0, 0.05) is 6.54 Å². The molecule has 1 amide bonds. The molecule has 0 aliphatic carbocycles. The maximum Gasteiger partial charge on any atom is 0.277 e. The SMILES string of the molecule is CCCN1CNc2nnn(P(P)PP)c2C1=O. The van der Waals surface area contributed by atoms with Gasteiger partial charge in [0.2, 0.25) is 0 Å². The molecule has 0 aromatic carbocycles. The minimum Gasteiger partial charge on any atom is -0.349 e. The van der Waals surface area contributed by atoms with Gasteiger partial charge < -0.3 is 10.2 Å². The second-order valence-corrected chi connectivity index (χ2v) is 12.4. The zero-order valence-electron chi connectivity index (χ0n) is 9.42.